The van der Waals surface area contributed by atoms with Gasteiger partial charge in [0.15, 0.2) is 0 Å². The van der Waals surface area contributed by atoms with Crippen LogP contribution in [0, 0.1) is 0 Å². The second kappa shape index (κ2) is 8.48. The highest BCUT2D eigenvalue weighted by Gasteiger charge is 2.18. The molecule has 0 spiro atoms. The summed E-state index contributed by atoms with van der Waals surface area (Å²) in [6, 6.07) is 16.7. The Morgan fingerprint density at radius 2 is 1.83 bits per heavy atom. The molecule has 2 rings (SSSR count). The van der Waals surface area contributed by atoms with Crippen molar-refractivity contribution in [3.63, 3.8) is 0 Å². The molecule has 0 fully saturated rings. The zero-order valence-electron chi connectivity index (χ0n) is 13.2. The van der Waals surface area contributed by atoms with Crippen LogP contribution in [0.1, 0.15) is 37.9 Å². The number of nitrogens with two attached hydrogens (primary N) is 1. The summed E-state index contributed by atoms with van der Waals surface area (Å²) in [4.78, 5) is 11.4. The Balaban J connectivity index is 2.28. The largest absolute Gasteiger partial charge is 0.484 e. The molecule has 0 aliphatic heterocycles. The smallest absolute Gasteiger partial charge is 0.329 e. The molecule has 2 amide bonds. The Morgan fingerprint density at radius 1 is 1.17 bits per heavy atom. The van der Waals surface area contributed by atoms with Crippen LogP contribution in [0.5, 0.6) is 5.75 Å². The summed E-state index contributed by atoms with van der Waals surface area (Å²) in [6.07, 6.45) is 2.97. The molecule has 0 aromatic heterocycles. The molecular weight excluding hydrogens is 308 g/mol. The van der Waals surface area contributed by atoms with Crippen LogP contribution in [-0.4, -0.2) is 6.03 Å². The van der Waals surface area contributed by atoms with Gasteiger partial charge in [-0.15, -0.1) is 0 Å². The van der Waals surface area contributed by atoms with Crippen molar-refractivity contribution in [2.45, 2.75) is 32.3 Å². The van der Waals surface area contributed by atoms with Crippen LogP contribution in [0.25, 0.3) is 0 Å². The van der Waals surface area contributed by atoms with E-state index in [-0.39, 0.29) is 6.10 Å². The van der Waals surface area contributed by atoms with Gasteiger partial charge in [0.25, 0.3) is 0 Å². The van der Waals surface area contributed by atoms with E-state index < -0.39 is 6.03 Å². The van der Waals surface area contributed by atoms with E-state index >= 15 is 0 Å². The molecule has 2 aromatic carbocycles. The normalized spacial score (nSPS) is 11.7. The van der Waals surface area contributed by atoms with E-state index in [9.17, 15) is 4.79 Å². The fourth-order valence-corrected chi connectivity index (χ4v) is 2.52. The van der Waals surface area contributed by atoms with Gasteiger partial charge in [-0.05, 0) is 30.5 Å². The number of amides is 2. The fraction of sp³-hybridized carbons (Fsp3) is 0.278. The third-order valence-electron chi connectivity index (χ3n) is 3.56. The molecule has 5 heteroatoms. The minimum absolute atomic E-state index is 0.0769. The summed E-state index contributed by atoms with van der Waals surface area (Å²) in [6.45, 7) is 2.15. The first kappa shape index (κ1) is 17.2. The van der Waals surface area contributed by atoms with Crippen molar-refractivity contribution in [1.82, 2.24) is 0 Å². The van der Waals surface area contributed by atoms with Gasteiger partial charge in [0.1, 0.15) is 11.9 Å². The Hall–Kier alpha value is -2.14. The molecule has 0 heterocycles. The first-order valence-electron chi connectivity index (χ1n) is 7.72. The number of carbonyl (C=O) groups is 1. The van der Waals surface area contributed by atoms with E-state index in [1.165, 1.54) is 0 Å². The standard InChI is InChI=1S/C18H22N2O2S/c1-2-3-12-16(14-9-5-4-6-10-14)22-17-13-8-7-11-15(17)20(23)18(19)21/h4-11,13,16,23H,2-3,12H2,1H3,(H2,19,21). The van der Waals surface area contributed by atoms with Crippen molar-refractivity contribution in [2.24, 2.45) is 5.73 Å². The van der Waals surface area contributed by atoms with Gasteiger partial charge >= 0.3 is 6.03 Å². The number of urea groups is 1. The minimum atomic E-state index is -0.644. The molecule has 0 aliphatic rings. The highest BCUT2D eigenvalue weighted by Crippen LogP contribution is 2.34. The van der Waals surface area contributed by atoms with Crippen LogP contribution in [0.4, 0.5) is 10.5 Å². The van der Waals surface area contributed by atoms with Crippen molar-refractivity contribution in [1.29, 1.82) is 0 Å². The fourth-order valence-electron chi connectivity index (χ4n) is 2.35. The van der Waals surface area contributed by atoms with Gasteiger partial charge in [-0.2, -0.15) is 0 Å². The maximum absolute atomic E-state index is 11.4. The lowest BCUT2D eigenvalue weighted by molar-refractivity contribution is 0.192. The van der Waals surface area contributed by atoms with E-state index in [2.05, 4.69) is 31.9 Å². The molecule has 0 radical (unpaired) electrons. The quantitative estimate of drug-likeness (QED) is 0.721. The number of unbranched alkanes of at least 4 members (excludes halogenated alkanes) is 1. The van der Waals surface area contributed by atoms with Crippen LogP contribution >= 0.6 is 12.8 Å². The van der Waals surface area contributed by atoms with E-state index in [1.807, 2.05) is 36.4 Å². The monoisotopic (exact) mass is 330 g/mol. The van der Waals surface area contributed by atoms with Crippen molar-refractivity contribution in [3.8, 4) is 5.75 Å². The number of anilines is 1. The minimum Gasteiger partial charge on any atom is -0.484 e. The molecule has 1 unspecified atom stereocenters. The third kappa shape index (κ3) is 4.66. The van der Waals surface area contributed by atoms with Crippen LogP contribution in [0.15, 0.2) is 54.6 Å². The van der Waals surface area contributed by atoms with Crippen LogP contribution < -0.4 is 14.8 Å². The first-order chi connectivity index (χ1) is 11.1. The van der Waals surface area contributed by atoms with E-state index in [0.717, 1.165) is 29.1 Å². The zero-order chi connectivity index (χ0) is 16.7. The lowest BCUT2D eigenvalue weighted by Crippen LogP contribution is -2.27. The van der Waals surface area contributed by atoms with Gasteiger partial charge in [0, 0.05) is 0 Å². The first-order valence-corrected chi connectivity index (χ1v) is 8.12. The molecular formula is C18H22N2O2S. The maximum atomic E-state index is 11.4. The van der Waals surface area contributed by atoms with E-state index in [4.69, 9.17) is 10.5 Å². The molecule has 2 aromatic rings. The highest BCUT2D eigenvalue weighted by atomic mass is 32.1. The molecule has 0 bridgehead atoms. The Morgan fingerprint density at radius 3 is 2.48 bits per heavy atom. The number of para-hydroxylation sites is 2. The van der Waals surface area contributed by atoms with E-state index in [1.54, 1.807) is 6.07 Å². The van der Waals surface area contributed by atoms with E-state index in [0.29, 0.717) is 11.4 Å². The number of rotatable bonds is 7. The molecule has 0 saturated carbocycles. The summed E-state index contributed by atoms with van der Waals surface area (Å²) < 4.78 is 7.30. The second-order valence-electron chi connectivity index (χ2n) is 5.28. The molecule has 0 saturated heterocycles. The summed E-state index contributed by atoms with van der Waals surface area (Å²) in [5.41, 5.74) is 6.97. The predicted octanol–water partition coefficient (Wildman–Crippen LogP) is 4.73. The molecule has 1 atom stereocenters. The number of hydrogen-bond donors (Lipinski definition) is 2. The van der Waals surface area contributed by atoms with Gasteiger partial charge in [-0.3, -0.25) is 0 Å². The van der Waals surface area contributed by atoms with Gasteiger partial charge in [-0.1, -0.05) is 68.6 Å². The van der Waals surface area contributed by atoms with Gasteiger partial charge in [0.05, 0.1) is 5.69 Å². The molecule has 122 valence electrons. The average molecular weight is 330 g/mol. The van der Waals surface area contributed by atoms with Crippen molar-refractivity contribution < 1.29 is 9.53 Å². The molecule has 0 aliphatic carbocycles. The van der Waals surface area contributed by atoms with Crippen LogP contribution in [-0.2, 0) is 0 Å². The Kier molecular flexibility index (Phi) is 6.35. The topological polar surface area (TPSA) is 55.6 Å². The van der Waals surface area contributed by atoms with Crippen molar-refractivity contribution in [3.05, 3.63) is 60.2 Å². The summed E-state index contributed by atoms with van der Waals surface area (Å²) >= 11 is 4.14. The van der Waals surface area contributed by atoms with Crippen LogP contribution in [0.2, 0.25) is 0 Å². The predicted molar refractivity (Wildman–Crippen MR) is 96.8 cm³/mol. The van der Waals surface area contributed by atoms with Gasteiger partial charge in [-0.25, -0.2) is 9.10 Å². The number of thiol groups is 1. The maximum Gasteiger partial charge on any atom is 0.329 e. The SMILES string of the molecule is CCCCC(Oc1ccccc1N(S)C(N)=O)c1ccccc1. The number of carbonyl (C=O) groups excluding carboxylic acids is 1. The molecule has 2 N–H and O–H groups in total. The average Bonchev–Trinajstić information content (AvgIpc) is 2.59. The zero-order valence-corrected chi connectivity index (χ0v) is 14.1. The highest BCUT2D eigenvalue weighted by molar-refractivity contribution is 7.82. The summed E-state index contributed by atoms with van der Waals surface area (Å²) in [5.74, 6) is 0.589. The number of hydrogen-bond acceptors (Lipinski definition) is 3. The summed E-state index contributed by atoms with van der Waals surface area (Å²) in [5, 5.41) is 0. The Bertz CT molecular complexity index is 634. The number of ether oxygens (including phenoxy) is 1. The Labute approximate surface area is 142 Å². The number of benzene rings is 2. The third-order valence-corrected chi connectivity index (χ3v) is 3.98. The molecule has 23 heavy (non-hydrogen) atoms. The van der Waals surface area contributed by atoms with Gasteiger partial charge in [0.2, 0.25) is 0 Å². The lowest BCUT2D eigenvalue weighted by atomic mass is 10.0. The lowest BCUT2D eigenvalue weighted by Gasteiger charge is -2.23. The second-order valence-corrected chi connectivity index (χ2v) is 5.68. The number of nitrogens with zero attached hydrogens (tertiary/aromatic N) is 1. The van der Waals surface area contributed by atoms with Gasteiger partial charge < -0.3 is 10.5 Å². The van der Waals surface area contributed by atoms with Crippen molar-refractivity contribution >= 4 is 24.5 Å². The van der Waals surface area contributed by atoms with Crippen LogP contribution in [0.3, 0.4) is 0 Å². The number of primary amides is 1. The molecule has 4 nitrogen and oxygen atoms in total. The van der Waals surface area contributed by atoms with Crippen molar-refractivity contribution in [2.75, 3.05) is 4.31 Å². The summed E-state index contributed by atoms with van der Waals surface area (Å²) in [7, 11) is 0.